The lowest BCUT2D eigenvalue weighted by Gasteiger charge is -2.18. The van der Waals surface area contributed by atoms with Gasteiger partial charge < -0.3 is 15.4 Å². The highest BCUT2D eigenvalue weighted by Gasteiger charge is 2.48. The van der Waals surface area contributed by atoms with Crippen molar-refractivity contribution in [3.05, 3.63) is 125 Å². The van der Waals surface area contributed by atoms with Gasteiger partial charge in [0.2, 0.25) is 11.8 Å². The van der Waals surface area contributed by atoms with Gasteiger partial charge in [0.25, 0.3) is 11.8 Å². The third-order valence-electron chi connectivity index (χ3n) is 7.98. The first-order chi connectivity index (χ1) is 21.2. The molecule has 2 atom stereocenters. The van der Waals surface area contributed by atoms with Gasteiger partial charge in [0.1, 0.15) is 11.5 Å². The number of nitrogens with one attached hydrogen (secondary N) is 2. The van der Waals surface area contributed by atoms with E-state index in [2.05, 4.69) is 10.6 Å². The Kier molecular flexibility index (Phi) is 7.81. The van der Waals surface area contributed by atoms with E-state index >= 15 is 0 Å². The molecule has 0 bridgehead atoms. The van der Waals surface area contributed by atoms with Crippen LogP contribution in [0.4, 0.5) is 17.1 Å². The highest BCUT2D eigenvalue weighted by Crippen LogP contribution is 2.39. The van der Waals surface area contributed by atoms with Crippen LogP contribution in [0.15, 0.2) is 109 Å². The molecule has 0 radical (unpaired) electrons. The van der Waals surface area contributed by atoms with Crippen molar-refractivity contribution in [2.24, 2.45) is 11.8 Å². The molecule has 220 valence electrons. The smallest absolute Gasteiger partial charge is 0.255 e. The van der Waals surface area contributed by atoms with E-state index in [1.807, 2.05) is 44.2 Å². The summed E-state index contributed by atoms with van der Waals surface area (Å²) in [5, 5.41) is 5.68. The number of hydrogen-bond acceptors (Lipinski definition) is 5. The lowest BCUT2D eigenvalue weighted by Crippen LogP contribution is -2.30. The van der Waals surface area contributed by atoms with E-state index in [9.17, 15) is 19.2 Å². The number of nitrogens with zero attached hydrogens (tertiary/aromatic N) is 1. The third kappa shape index (κ3) is 6.01. The highest BCUT2D eigenvalue weighted by atomic mass is 16.5. The lowest BCUT2D eigenvalue weighted by molar-refractivity contribution is -0.122. The summed E-state index contributed by atoms with van der Waals surface area (Å²) in [6.07, 6.45) is 3.21. The zero-order valence-corrected chi connectivity index (χ0v) is 24.4. The maximum Gasteiger partial charge on any atom is 0.255 e. The van der Waals surface area contributed by atoms with Crippen molar-refractivity contribution in [3.8, 4) is 11.5 Å². The summed E-state index contributed by atoms with van der Waals surface area (Å²) >= 11 is 0. The molecule has 6 rings (SSSR count). The Morgan fingerprint density at radius 3 is 1.70 bits per heavy atom. The summed E-state index contributed by atoms with van der Waals surface area (Å²) in [5.74, 6) is -0.250. The Hall–Kier alpha value is -5.50. The van der Waals surface area contributed by atoms with Crippen LogP contribution < -0.4 is 20.3 Å². The lowest BCUT2D eigenvalue weighted by atomic mass is 9.82. The molecule has 2 aliphatic rings. The summed E-state index contributed by atoms with van der Waals surface area (Å²) < 4.78 is 5.84. The van der Waals surface area contributed by atoms with Gasteiger partial charge in [-0.25, -0.2) is 0 Å². The van der Waals surface area contributed by atoms with Gasteiger partial charge in [0, 0.05) is 22.5 Å². The quantitative estimate of drug-likeness (QED) is 0.177. The van der Waals surface area contributed by atoms with Crippen LogP contribution in [0.3, 0.4) is 0 Å². The van der Waals surface area contributed by atoms with Crippen molar-refractivity contribution in [3.63, 3.8) is 0 Å². The van der Waals surface area contributed by atoms with Gasteiger partial charge in [-0.05, 0) is 112 Å². The molecule has 1 aliphatic carbocycles. The van der Waals surface area contributed by atoms with E-state index in [0.717, 1.165) is 16.9 Å². The summed E-state index contributed by atoms with van der Waals surface area (Å²) in [7, 11) is 0. The Morgan fingerprint density at radius 2 is 1.14 bits per heavy atom. The second kappa shape index (κ2) is 12.0. The van der Waals surface area contributed by atoms with Crippen LogP contribution in [0, 0.1) is 18.8 Å². The average molecular weight is 586 g/mol. The maximum absolute atomic E-state index is 13.0. The minimum atomic E-state index is -0.353. The van der Waals surface area contributed by atoms with E-state index in [1.165, 1.54) is 4.90 Å². The number of amides is 4. The number of fused-ring (bicyclic) bond motifs is 1. The van der Waals surface area contributed by atoms with E-state index in [-0.39, 0.29) is 35.5 Å². The molecular weight excluding hydrogens is 554 g/mol. The van der Waals surface area contributed by atoms with E-state index < -0.39 is 0 Å². The fourth-order valence-electron chi connectivity index (χ4n) is 5.51. The number of hydrogen-bond donors (Lipinski definition) is 2. The molecule has 2 N–H and O–H groups in total. The standard InChI is InChI=1S/C36H31N3O5/c1-22-3-16-29(17-4-22)44-30-18-12-27(13-19-30)38-33(40)24-6-10-26(11-7-24)37-34(41)25-8-14-28(15-9-25)39-35(42)31-20-5-23(2)21-32(31)36(39)43/h3-19,31-32H,20-21H2,1-2H3,(H,37,41)(H,38,40)/t31-,32+/m0/s1. The fourth-order valence-corrected chi connectivity index (χ4v) is 5.51. The second-order valence-electron chi connectivity index (χ2n) is 11.2. The molecular formula is C36H31N3O5. The van der Waals surface area contributed by atoms with Crippen LogP contribution in [0.25, 0.3) is 0 Å². The summed E-state index contributed by atoms with van der Waals surface area (Å²) in [6, 6.07) is 27.8. The van der Waals surface area contributed by atoms with Crippen LogP contribution in [0.2, 0.25) is 0 Å². The molecule has 1 fully saturated rings. The van der Waals surface area contributed by atoms with Crippen molar-refractivity contribution in [1.29, 1.82) is 0 Å². The highest BCUT2D eigenvalue weighted by molar-refractivity contribution is 6.22. The molecule has 0 spiro atoms. The minimum absolute atomic E-state index is 0.182. The Bertz CT molecular complexity index is 1760. The molecule has 0 saturated carbocycles. The summed E-state index contributed by atoms with van der Waals surface area (Å²) in [5.41, 5.74) is 4.69. The number of carbonyl (C=O) groups excluding carboxylic acids is 4. The van der Waals surface area contributed by atoms with Crippen LogP contribution in [-0.2, 0) is 9.59 Å². The first-order valence-electron chi connectivity index (χ1n) is 14.5. The topological polar surface area (TPSA) is 105 Å². The molecule has 4 amide bonds. The van der Waals surface area contributed by atoms with Crippen molar-refractivity contribution in [2.75, 3.05) is 15.5 Å². The number of allylic oxidation sites excluding steroid dienone is 2. The molecule has 1 heterocycles. The van der Waals surface area contributed by atoms with Crippen molar-refractivity contribution in [2.45, 2.75) is 26.7 Å². The van der Waals surface area contributed by atoms with Crippen LogP contribution in [0.5, 0.6) is 11.5 Å². The number of rotatable bonds is 7. The fraction of sp³-hybridized carbons (Fsp3) is 0.167. The number of anilines is 3. The van der Waals surface area contributed by atoms with Crippen molar-refractivity contribution in [1.82, 2.24) is 0 Å². The number of aryl methyl sites for hydroxylation is 1. The minimum Gasteiger partial charge on any atom is -0.457 e. The maximum atomic E-state index is 13.0. The molecule has 4 aromatic carbocycles. The molecule has 0 unspecified atom stereocenters. The predicted molar refractivity (Wildman–Crippen MR) is 169 cm³/mol. The normalized spacial score (nSPS) is 17.5. The van der Waals surface area contributed by atoms with Gasteiger partial charge in [0.15, 0.2) is 0 Å². The van der Waals surface area contributed by atoms with E-state index in [4.69, 9.17) is 4.74 Å². The largest absolute Gasteiger partial charge is 0.457 e. The predicted octanol–water partition coefficient (Wildman–Crippen LogP) is 7.14. The first kappa shape index (κ1) is 28.6. The monoisotopic (exact) mass is 585 g/mol. The zero-order chi connectivity index (χ0) is 30.8. The van der Waals surface area contributed by atoms with Gasteiger partial charge in [-0.1, -0.05) is 29.3 Å². The number of benzene rings is 4. The summed E-state index contributed by atoms with van der Waals surface area (Å²) in [4.78, 5) is 52.8. The molecule has 1 aliphatic heterocycles. The Labute approximate surface area is 255 Å². The van der Waals surface area contributed by atoms with Gasteiger partial charge >= 0.3 is 0 Å². The van der Waals surface area contributed by atoms with E-state index in [0.29, 0.717) is 46.8 Å². The SMILES string of the molecule is CC1=CC[C@@H]2C(=O)N(c3ccc(C(=O)Nc4ccc(C(=O)Nc5ccc(Oc6ccc(C)cc6)cc5)cc4)cc3)C(=O)[C@@H]2C1. The molecule has 0 aromatic heterocycles. The zero-order valence-electron chi connectivity index (χ0n) is 24.4. The van der Waals surface area contributed by atoms with Crippen molar-refractivity contribution < 1.29 is 23.9 Å². The second-order valence-corrected chi connectivity index (χ2v) is 11.2. The molecule has 1 saturated heterocycles. The van der Waals surface area contributed by atoms with Gasteiger partial charge in [0.05, 0.1) is 17.5 Å². The average Bonchev–Trinajstić information content (AvgIpc) is 3.28. The number of carbonyl (C=O) groups is 4. The molecule has 44 heavy (non-hydrogen) atoms. The molecule has 4 aromatic rings. The van der Waals surface area contributed by atoms with Crippen LogP contribution in [-0.4, -0.2) is 23.6 Å². The Morgan fingerprint density at radius 1 is 0.659 bits per heavy atom. The summed E-state index contributed by atoms with van der Waals surface area (Å²) in [6.45, 7) is 4.00. The Balaban J connectivity index is 1.03. The van der Waals surface area contributed by atoms with Gasteiger partial charge in [-0.3, -0.25) is 24.1 Å². The third-order valence-corrected chi connectivity index (χ3v) is 7.98. The van der Waals surface area contributed by atoms with Gasteiger partial charge in [-0.2, -0.15) is 0 Å². The van der Waals surface area contributed by atoms with Gasteiger partial charge in [-0.15, -0.1) is 0 Å². The van der Waals surface area contributed by atoms with Crippen LogP contribution in [0.1, 0.15) is 46.0 Å². The molecule has 8 heteroatoms. The van der Waals surface area contributed by atoms with E-state index in [1.54, 1.807) is 72.8 Å². The van der Waals surface area contributed by atoms with Crippen molar-refractivity contribution >= 4 is 40.7 Å². The van der Waals surface area contributed by atoms with Crippen LogP contribution >= 0.6 is 0 Å². The number of ether oxygens (including phenoxy) is 1. The number of imide groups is 1. The first-order valence-corrected chi connectivity index (χ1v) is 14.5. The molecule has 8 nitrogen and oxygen atoms in total.